The monoisotopic (exact) mass is 222 g/mol. The van der Waals surface area contributed by atoms with Gasteiger partial charge in [-0.15, -0.1) is 11.3 Å². The van der Waals surface area contributed by atoms with Crippen LogP contribution in [0.1, 0.15) is 11.4 Å². The fourth-order valence-corrected chi connectivity index (χ4v) is 2.43. The summed E-state index contributed by atoms with van der Waals surface area (Å²) in [5, 5.41) is 1.40. The third-order valence-corrected chi connectivity index (χ3v) is 3.38. The average Bonchev–Trinajstić information content (AvgIpc) is 2.57. The van der Waals surface area contributed by atoms with Crippen LogP contribution in [0.2, 0.25) is 0 Å². The van der Waals surface area contributed by atoms with Crippen LogP contribution < -0.4 is 0 Å². The van der Waals surface area contributed by atoms with Gasteiger partial charge in [-0.3, -0.25) is 0 Å². The smallest absolute Gasteiger partial charge is 0.0939 e. The lowest BCUT2D eigenvalue weighted by atomic mass is 10.2. The van der Waals surface area contributed by atoms with E-state index in [1.165, 1.54) is 9.71 Å². The van der Waals surface area contributed by atoms with Crippen molar-refractivity contribution < 1.29 is 0 Å². The summed E-state index contributed by atoms with van der Waals surface area (Å²) in [5.74, 6) is 0. The van der Waals surface area contributed by atoms with Gasteiger partial charge >= 0.3 is 0 Å². The molecule has 0 fully saturated rings. The van der Waals surface area contributed by atoms with Crippen molar-refractivity contribution in [2.24, 2.45) is 0 Å². The average molecular weight is 222 g/mol. The second-order valence-electron chi connectivity index (χ2n) is 3.27. The van der Waals surface area contributed by atoms with Gasteiger partial charge in [0.15, 0.2) is 0 Å². The molecule has 0 N–H and O–H groups in total. The maximum atomic E-state index is 4.54. The van der Waals surface area contributed by atoms with E-state index < -0.39 is 0 Å². The van der Waals surface area contributed by atoms with Crippen molar-refractivity contribution >= 4 is 34.2 Å². The van der Waals surface area contributed by atoms with Gasteiger partial charge in [-0.2, -0.15) is 12.6 Å². The van der Waals surface area contributed by atoms with Crippen LogP contribution in [0.3, 0.4) is 0 Å². The van der Waals surface area contributed by atoms with Gasteiger partial charge in [-0.1, -0.05) is 12.1 Å². The molecule has 73 valence electrons. The number of benzene rings is 1. The molecule has 0 aliphatic rings. The van der Waals surface area contributed by atoms with Crippen LogP contribution in [0, 0.1) is 6.92 Å². The molecule has 2 rings (SSSR count). The summed E-state index contributed by atoms with van der Waals surface area (Å²) in [6.45, 7) is 3.85. The van der Waals surface area contributed by atoms with Gasteiger partial charge in [0.1, 0.15) is 0 Å². The lowest BCUT2D eigenvalue weighted by molar-refractivity contribution is 0.853. The molecule has 1 aromatic carbocycles. The first-order valence-corrected chi connectivity index (χ1v) is 5.94. The van der Waals surface area contributed by atoms with E-state index in [0.29, 0.717) is 0 Å². The Hall–Kier alpha value is -0.540. The Kier molecular flexibility index (Phi) is 3.08. The Morgan fingerprint density at radius 1 is 1.43 bits per heavy atom. The van der Waals surface area contributed by atoms with Gasteiger partial charge in [-0.25, -0.2) is 4.98 Å². The molecule has 1 radical (unpaired) electrons. The van der Waals surface area contributed by atoms with E-state index in [1.807, 2.05) is 12.1 Å². The van der Waals surface area contributed by atoms with Crippen molar-refractivity contribution in [2.45, 2.75) is 18.1 Å². The van der Waals surface area contributed by atoms with Gasteiger partial charge < -0.3 is 0 Å². The van der Waals surface area contributed by atoms with Crippen LogP contribution in [-0.4, -0.2) is 10.2 Å². The summed E-state index contributed by atoms with van der Waals surface area (Å²) in [5.41, 5.74) is 1.10. The largest absolute Gasteiger partial charge is 0.241 e. The highest BCUT2D eigenvalue weighted by Crippen LogP contribution is 2.22. The first kappa shape index (κ1) is 9.99. The molecule has 0 saturated heterocycles. The van der Waals surface area contributed by atoms with Gasteiger partial charge in [-0.05, 0) is 25.5 Å². The molecule has 0 aliphatic heterocycles. The molecule has 1 unspecified atom stereocenters. The number of aromatic nitrogens is 1. The predicted octanol–water partition coefficient (Wildman–Crippen LogP) is 3.36. The Bertz CT molecular complexity index is 387. The SMILES string of the molecule is [CH2]C(S)CCc1nc2ccccc2s1. The zero-order valence-electron chi connectivity index (χ0n) is 7.81. The van der Waals surface area contributed by atoms with E-state index in [4.69, 9.17) is 0 Å². The Labute approximate surface area is 93.6 Å². The molecule has 0 amide bonds. The predicted molar refractivity (Wildman–Crippen MR) is 66.1 cm³/mol. The minimum atomic E-state index is 0.210. The highest BCUT2D eigenvalue weighted by atomic mass is 32.1. The van der Waals surface area contributed by atoms with Crippen molar-refractivity contribution in [3.8, 4) is 0 Å². The van der Waals surface area contributed by atoms with E-state index in [0.717, 1.165) is 18.4 Å². The quantitative estimate of drug-likeness (QED) is 0.786. The number of para-hydroxylation sites is 1. The van der Waals surface area contributed by atoms with Crippen molar-refractivity contribution in [3.63, 3.8) is 0 Å². The fourth-order valence-electron chi connectivity index (χ4n) is 1.32. The van der Waals surface area contributed by atoms with Gasteiger partial charge in [0.2, 0.25) is 0 Å². The maximum Gasteiger partial charge on any atom is 0.0939 e. The minimum Gasteiger partial charge on any atom is -0.241 e. The van der Waals surface area contributed by atoms with Crippen LogP contribution in [-0.2, 0) is 6.42 Å². The number of aryl methyl sites for hydroxylation is 1. The lowest BCUT2D eigenvalue weighted by Crippen LogP contribution is -1.94. The zero-order valence-corrected chi connectivity index (χ0v) is 9.52. The molecule has 0 spiro atoms. The van der Waals surface area contributed by atoms with Crippen molar-refractivity contribution in [1.29, 1.82) is 0 Å². The highest BCUT2D eigenvalue weighted by Gasteiger charge is 2.03. The molecule has 1 atom stereocenters. The van der Waals surface area contributed by atoms with E-state index in [2.05, 4.69) is 36.7 Å². The molecule has 0 saturated carbocycles. The highest BCUT2D eigenvalue weighted by molar-refractivity contribution is 7.81. The molecule has 0 bridgehead atoms. The topological polar surface area (TPSA) is 12.9 Å². The van der Waals surface area contributed by atoms with Crippen LogP contribution in [0.15, 0.2) is 24.3 Å². The number of rotatable bonds is 3. The number of fused-ring (bicyclic) bond motifs is 1. The van der Waals surface area contributed by atoms with Crippen LogP contribution in [0.4, 0.5) is 0 Å². The van der Waals surface area contributed by atoms with Gasteiger partial charge in [0, 0.05) is 11.7 Å². The standard InChI is InChI=1S/C11H12NS2/c1-8(13)6-7-11-12-9-4-2-3-5-10(9)14-11/h2-5,8,13H,1,6-7H2. The zero-order chi connectivity index (χ0) is 9.97. The molecule has 1 heterocycles. The van der Waals surface area contributed by atoms with E-state index in [9.17, 15) is 0 Å². The number of nitrogens with zero attached hydrogens (tertiary/aromatic N) is 1. The van der Waals surface area contributed by atoms with E-state index in [1.54, 1.807) is 11.3 Å². The summed E-state index contributed by atoms with van der Waals surface area (Å²) in [7, 11) is 0. The Morgan fingerprint density at radius 2 is 2.21 bits per heavy atom. The summed E-state index contributed by atoms with van der Waals surface area (Å²) in [4.78, 5) is 4.54. The Morgan fingerprint density at radius 3 is 2.93 bits per heavy atom. The number of thiazole rings is 1. The molecule has 1 aromatic heterocycles. The molecule has 0 aliphatic carbocycles. The third kappa shape index (κ3) is 2.28. The van der Waals surface area contributed by atoms with Gasteiger partial charge in [0.05, 0.1) is 15.2 Å². The molecule has 2 aromatic rings. The second kappa shape index (κ2) is 4.32. The second-order valence-corrected chi connectivity index (χ2v) is 5.11. The first-order valence-electron chi connectivity index (χ1n) is 4.61. The van der Waals surface area contributed by atoms with Crippen LogP contribution in [0.25, 0.3) is 10.2 Å². The van der Waals surface area contributed by atoms with E-state index >= 15 is 0 Å². The molecular formula is C11H12NS2. The lowest BCUT2D eigenvalue weighted by Gasteiger charge is -1.98. The number of thiol groups is 1. The molecule has 3 heteroatoms. The van der Waals surface area contributed by atoms with Crippen LogP contribution >= 0.6 is 24.0 Å². The first-order chi connectivity index (χ1) is 6.75. The number of hydrogen-bond donors (Lipinski definition) is 1. The minimum absolute atomic E-state index is 0.210. The van der Waals surface area contributed by atoms with Crippen molar-refractivity contribution in [3.05, 3.63) is 36.2 Å². The summed E-state index contributed by atoms with van der Waals surface area (Å²) >= 11 is 6.02. The molecular weight excluding hydrogens is 210 g/mol. The summed E-state index contributed by atoms with van der Waals surface area (Å²) in [6, 6.07) is 8.23. The maximum absolute atomic E-state index is 4.54. The summed E-state index contributed by atoms with van der Waals surface area (Å²) < 4.78 is 1.27. The fraction of sp³-hybridized carbons (Fsp3) is 0.273. The Balaban J connectivity index is 2.19. The third-order valence-electron chi connectivity index (χ3n) is 2.03. The summed E-state index contributed by atoms with van der Waals surface area (Å²) in [6.07, 6.45) is 1.97. The van der Waals surface area contributed by atoms with E-state index in [-0.39, 0.29) is 5.25 Å². The normalized spacial score (nSPS) is 13.3. The molecule has 1 nitrogen and oxygen atoms in total. The number of hydrogen-bond acceptors (Lipinski definition) is 3. The molecule has 14 heavy (non-hydrogen) atoms. The van der Waals surface area contributed by atoms with Crippen LogP contribution in [0.5, 0.6) is 0 Å². The van der Waals surface area contributed by atoms with Crippen molar-refractivity contribution in [2.75, 3.05) is 0 Å². The van der Waals surface area contributed by atoms with Gasteiger partial charge in [0.25, 0.3) is 0 Å². The van der Waals surface area contributed by atoms with Crippen molar-refractivity contribution in [1.82, 2.24) is 4.98 Å².